The number of hydrogen-bond acceptors (Lipinski definition) is 6. The van der Waals surface area contributed by atoms with Gasteiger partial charge in [-0.2, -0.15) is 0 Å². The molecule has 0 aliphatic rings. The monoisotopic (exact) mass is 519 g/mol. The molecule has 0 aromatic heterocycles. The molecule has 3 aromatic rings. The Morgan fingerprint density at radius 1 is 0.868 bits per heavy atom. The molecule has 198 valence electrons. The maximum absolute atomic E-state index is 13.0. The molecule has 0 heterocycles. The van der Waals surface area contributed by atoms with Crippen molar-refractivity contribution in [3.8, 4) is 5.75 Å². The fourth-order valence-corrected chi connectivity index (χ4v) is 3.58. The van der Waals surface area contributed by atoms with E-state index in [9.17, 15) is 24.3 Å². The van der Waals surface area contributed by atoms with Crippen molar-refractivity contribution in [2.45, 2.75) is 38.0 Å². The fourth-order valence-electron chi connectivity index (χ4n) is 3.58. The molecule has 10 heteroatoms. The topological polar surface area (TPSA) is 168 Å². The van der Waals surface area contributed by atoms with Crippen molar-refractivity contribution in [3.05, 3.63) is 95.6 Å². The molecule has 0 spiro atoms. The normalized spacial score (nSPS) is 12.1. The number of aliphatic carboxylic acids is 2. The zero-order valence-corrected chi connectivity index (χ0v) is 20.5. The van der Waals surface area contributed by atoms with Crippen molar-refractivity contribution < 1.29 is 34.1 Å². The molecular formula is C28H29N3O7. The molecule has 2 amide bonds. The number of hydrogen-bond donors (Lipinski definition) is 5. The van der Waals surface area contributed by atoms with Crippen molar-refractivity contribution >= 4 is 29.4 Å². The summed E-state index contributed by atoms with van der Waals surface area (Å²) in [6.45, 7) is 0.116. The summed E-state index contributed by atoms with van der Waals surface area (Å²) in [6, 6.07) is 20.3. The lowest BCUT2D eigenvalue weighted by atomic mass is 10.0. The Balaban J connectivity index is 1.77. The number of anilines is 1. The minimum atomic E-state index is -1.29. The minimum absolute atomic E-state index is 0.116. The first-order valence-electron chi connectivity index (χ1n) is 11.9. The van der Waals surface area contributed by atoms with Gasteiger partial charge in [0, 0.05) is 5.56 Å². The smallest absolute Gasteiger partial charge is 0.326 e. The number of carbonyl (C=O) groups excluding carboxylic acids is 2. The van der Waals surface area contributed by atoms with Crippen LogP contribution in [-0.2, 0) is 27.4 Å². The third kappa shape index (κ3) is 8.45. The Morgan fingerprint density at radius 2 is 1.50 bits per heavy atom. The summed E-state index contributed by atoms with van der Waals surface area (Å²) < 4.78 is 5.87. The van der Waals surface area contributed by atoms with Crippen LogP contribution in [0.2, 0.25) is 0 Å². The van der Waals surface area contributed by atoms with E-state index in [1.165, 1.54) is 18.2 Å². The van der Waals surface area contributed by atoms with Crippen LogP contribution in [0.1, 0.15) is 34.3 Å². The SMILES string of the molecule is N[C@@H](CC(=O)O)C(=O)Nc1ccc(C(=O)N[C@@H](CCc2ccccc2)C(=O)O)cc1OCc1ccccc1. The lowest BCUT2D eigenvalue weighted by molar-refractivity contribution is -0.139. The maximum Gasteiger partial charge on any atom is 0.326 e. The summed E-state index contributed by atoms with van der Waals surface area (Å²) in [4.78, 5) is 48.1. The number of amides is 2. The van der Waals surface area contributed by atoms with Gasteiger partial charge in [-0.3, -0.25) is 14.4 Å². The molecule has 0 saturated heterocycles. The summed E-state index contributed by atoms with van der Waals surface area (Å²) in [7, 11) is 0. The first-order valence-corrected chi connectivity index (χ1v) is 11.9. The number of carbonyl (C=O) groups is 4. The average Bonchev–Trinajstić information content (AvgIpc) is 2.90. The summed E-state index contributed by atoms with van der Waals surface area (Å²) in [5.74, 6) is -3.61. The number of ether oxygens (including phenoxy) is 1. The molecule has 0 fully saturated rings. The number of aryl methyl sites for hydroxylation is 1. The highest BCUT2D eigenvalue weighted by Crippen LogP contribution is 2.27. The molecule has 0 bridgehead atoms. The van der Waals surface area contributed by atoms with Gasteiger partial charge in [0.1, 0.15) is 18.4 Å². The van der Waals surface area contributed by atoms with E-state index in [4.69, 9.17) is 15.6 Å². The van der Waals surface area contributed by atoms with Gasteiger partial charge in [-0.25, -0.2) is 4.79 Å². The van der Waals surface area contributed by atoms with E-state index in [1.807, 2.05) is 60.7 Å². The average molecular weight is 520 g/mol. The van der Waals surface area contributed by atoms with E-state index in [0.717, 1.165) is 11.1 Å². The Bertz CT molecular complexity index is 1270. The van der Waals surface area contributed by atoms with Gasteiger partial charge < -0.3 is 31.3 Å². The molecule has 0 aliphatic heterocycles. The number of rotatable bonds is 13. The Kier molecular flexibility index (Phi) is 9.95. The van der Waals surface area contributed by atoms with Crippen molar-refractivity contribution in [2.75, 3.05) is 5.32 Å². The second-order valence-electron chi connectivity index (χ2n) is 8.57. The quantitative estimate of drug-likeness (QED) is 0.230. The zero-order valence-electron chi connectivity index (χ0n) is 20.5. The lowest BCUT2D eigenvalue weighted by Gasteiger charge is -2.18. The molecule has 3 rings (SSSR count). The predicted molar refractivity (Wildman–Crippen MR) is 140 cm³/mol. The third-order valence-electron chi connectivity index (χ3n) is 5.64. The van der Waals surface area contributed by atoms with E-state index in [-0.39, 0.29) is 30.0 Å². The molecule has 3 aromatic carbocycles. The molecule has 0 aliphatic carbocycles. The first-order chi connectivity index (χ1) is 18.2. The van der Waals surface area contributed by atoms with E-state index < -0.39 is 42.3 Å². The number of nitrogens with one attached hydrogen (secondary N) is 2. The summed E-state index contributed by atoms with van der Waals surface area (Å²) in [6.07, 6.45) is 0.0925. The third-order valence-corrected chi connectivity index (χ3v) is 5.64. The highest BCUT2D eigenvalue weighted by molar-refractivity contribution is 6.00. The van der Waals surface area contributed by atoms with Crippen LogP contribution in [0.15, 0.2) is 78.9 Å². The van der Waals surface area contributed by atoms with Gasteiger partial charge in [0.15, 0.2) is 0 Å². The lowest BCUT2D eigenvalue weighted by Crippen LogP contribution is -2.41. The van der Waals surface area contributed by atoms with E-state index in [1.54, 1.807) is 0 Å². The highest BCUT2D eigenvalue weighted by Gasteiger charge is 2.23. The zero-order chi connectivity index (χ0) is 27.5. The number of nitrogens with two attached hydrogens (primary N) is 1. The number of benzene rings is 3. The van der Waals surface area contributed by atoms with Crippen LogP contribution in [0.3, 0.4) is 0 Å². The van der Waals surface area contributed by atoms with Gasteiger partial charge in [0.2, 0.25) is 5.91 Å². The van der Waals surface area contributed by atoms with Gasteiger partial charge in [0.25, 0.3) is 5.91 Å². The molecule has 0 saturated carbocycles. The van der Waals surface area contributed by atoms with Crippen LogP contribution in [0.5, 0.6) is 5.75 Å². The van der Waals surface area contributed by atoms with Crippen molar-refractivity contribution in [3.63, 3.8) is 0 Å². The standard InChI is InChI=1S/C28H29N3O7/c29-21(16-25(32)33)27(35)30-22-14-12-20(15-24(22)38-17-19-9-5-2-6-10-19)26(34)31-23(28(36)37)13-11-18-7-3-1-4-8-18/h1-10,12,14-15,21,23H,11,13,16-17,29H2,(H,30,35)(H,31,34)(H,32,33)(H,36,37)/t21-,23-/m0/s1. The van der Waals surface area contributed by atoms with Crippen LogP contribution in [0.25, 0.3) is 0 Å². The number of carboxylic acid groups (broad SMARTS) is 2. The van der Waals surface area contributed by atoms with Gasteiger partial charge in [-0.1, -0.05) is 60.7 Å². The first kappa shape index (κ1) is 27.9. The second kappa shape index (κ2) is 13.6. The van der Waals surface area contributed by atoms with Gasteiger partial charge in [-0.05, 0) is 42.2 Å². The van der Waals surface area contributed by atoms with Crippen LogP contribution in [-0.4, -0.2) is 46.0 Å². The summed E-state index contributed by atoms with van der Waals surface area (Å²) >= 11 is 0. The van der Waals surface area contributed by atoms with Gasteiger partial charge in [-0.15, -0.1) is 0 Å². The Hall–Kier alpha value is -4.70. The van der Waals surface area contributed by atoms with Crippen LogP contribution in [0, 0.1) is 0 Å². The van der Waals surface area contributed by atoms with Crippen molar-refractivity contribution in [1.29, 1.82) is 0 Å². The van der Waals surface area contributed by atoms with Gasteiger partial charge >= 0.3 is 11.9 Å². The molecule has 10 nitrogen and oxygen atoms in total. The largest absolute Gasteiger partial charge is 0.487 e. The van der Waals surface area contributed by atoms with Crippen molar-refractivity contribution in [1.82, 2.24) is 5.32 Å². The van der Waals surface area contributed by atoms with Gasteiger partial charge in [0.05, 0.1) is 18.2 Å². The van der Waals surface area contributed by atoms with Crippen LogP contribution >= 0.6 is 0 Å². The highest BCUT2D eigenvalue weighted by atomic mass is 16.5. The van der Waals surface area contributed by atoms with Crippen molar-refractivity contribution in [2.24, 2.45) is 5.73 Å². The summed E-state index contributed by atoms with van der Waals surface area (Å²) in [5, 5.41) is 23.6. The fraction of sp³-hybridized carbons (Fsp3) is 0.214. The van der Waals surface area contributed by atoms with E-state index >= 15 is 0 Å². The second-order valence-corrected chi connectivity index (χ2v) is 8.57. The van der Waals surface area contributed by atoms with Crippen LogP contribution in [0.4, 0.5) is 5.69 Å². The molecular weight excluding hydrogens is 490 g/mol. The minimum Gasteiger partial charge on any atom is -0.487 e. The predicted octanol–water partition coefficient (Wildman–Crippen LogP) is 2.82. The molecule has 38 heavy (non-hydrogen) atoms. The molecule has 6 N–H and O–H groups in total. The van der Waals surface area contributed by atoms with E-state index in [0.29, 0.717) is 6.42 Å². The molecule has 0 unspecified atom stereocenters. The summed E-state index contributed by atoms with van der Waals surface area (Å²) in [5.41, 5.74) is 7.74. The molecule has 0 radical (unpaired) electrons. The van der Waals surface area contributed by atoms with E-state index in [2.05, 4.69) is 10.6 Å². The molecule has 2 atom stereocenters. The Morgan fingerprint density at radius 3 is 2.11 bits per heavy atom. The maximum atomic E-state index is 13.0. The Labute approximate surface area is 219 Å². The van der Waals surface area contributed by atoms with Crippen LogP contribution < -0.4 is 21.1 Å². The number of carboxylic acids is 2.